The minimum Gasteiger partial charge on any atom is -0.342 e. The zero-order valence-electron chi connectivity index (χ0n) is 16.4. The van der Waals surface area contributed by atoms with Crippen LogP contribution in [0.4, 0.5) is 5.69 Å². The van der Waals surface area contributed by atoms with E-state index in [-0.39, 0.29) is 35.7 Å². The highest BCUT2D eigenvalue weighted by atomic mass is 16.6. The second-order valence-electron chi connectivity index (χ2n) is 7.51. The number of benzene rings is 1. The summed E-state index contributed by atoms with van der Waals surface area (Å²) in [7, 11) is 1.64. The van der Waals surface area contributed by atoms with E-state index < -0.39 is 4.92 Å². The molecule has 3 rings (SSSR count). The van der Waals surface area contributed by atoms with E-state index >= 15 is 0 Å². The number of carbonyl (C=O) groups excluding carboxylic acids is 1. The quantitative estimate of drug-likeness (QED) is 0.577. The van der Waals surface area contributed by atoms with E-state index in [2.05, 4.69) is 5.10 Å². The predicted molar refractivity (Wildman–Crippen MR) is 103 cm³/mol. The minimum absolute atomic E-state index is 0.00221. The van der Waals surface area contributed by atoms with E-state index in [0.29, 0.717) is 13.1 Å². The van der Waals surface area contributed by atoms with E-state index in [1.807, 2.05) is 13.8 Å². The van der Waals surface area contributed by atoms with Crippen LogP contribution in [0.3, 0.4) is 0 Å². The Morgan fingerprint density at radius 1 is 1.32 bits per heavy atom. The molecule has 2 heterocycles. The maximum absolute atomic E-state index is 12.8. The maximum atomic E-state index is 12.8. The molecule has 1 aliphatic heterocycles. The normalized spacial score (nSPS) is 17.1. The lowest BCUT2D eigenvalue weighted by Crippen LogP contribution is -2.41. The molecule has 1 aliphatic rings. The fourth-order valence-corrected chi connectivity index (χ4v) is 3.70. The second-order valence-corrected chi connectivity index (χ2v) is 7.51. The molecule has 1 unspecified atom stereocenters. The van der Waals surface area contributed by atoms with Gasteiger partial charge in [-0.3, -0.25) is 19.5 Å². The van der Waals surface area contributed by atoms with Crippen LogP contribution in [0.2, 0.25) is 0 Å². The summed E-state index contributed by atoms with van der Waals surface area (Å²) in [5.74, 6) is 0.731. The Morgan fingerprint density at radius 2 is 2.00 bits per heavy atom. The highest BCUT2D eigenvalue weighted by molar-refractivity contribution is 5.79. The zero-order valence-corrected chi connectivity index (χ0v) is 16.4. The van der Waals surface area contributed by atoms with Gasteiger partial charge in [-0.25, -0.2) is 9.48 Å². The summed E-state index contributed by atoms with van der Waals surface area (Å²) in [6.45, 7) is 5.09. The highest BCUT2D eigenvalue weighted by Gasteiger charge is 2.29. The van der Waals surface area contributed by atoms with Gasteiger partial charge in [0.1, 0.15) is 5.82 Å². The SMILES string of the molecule is CC(C)n1c(C2CCCN(C(=O)Cc3ccc([N+](=O)[O-])cc3)C2)nn(C)c1=O. The van der Waals surface area contributed by atoms with Crippen molar-refractivity contribution >= 4 is 11.6 Å². The van der Waals surface area contributed by atoms with Crippen LogP contribution in [-0.4, -0.2) is 43.2 Å². The van der Waals surface area contributed by atoms with Crippen LogP contribution in [0.25, 0.3) is 0 Å². The van der Waals surface area contributed by atoms with Crippen molar-refractivity contribution in [3.63, 3.8) is 0 Å². The van der Waals surface area contributed by atoms with Gasteiger partial charge in [0.2, 0.25) is 5.91 Å². The molecule has 9 heteroatoms. The van der Waals surface area contributed by atoms with Crippen molar-refractivity contribution in [2.75, 3.05) is 13.1 Å². The first-order valence-corrected chi connectivity index (χ1v) is 9.44. The average Bonchev–Trinajstić information content (AvgIpc) is 2.97. The number of non-ortho nitro benzene ring substituents is 1. The van der Waals surface area contributed by atoms with E-state index in [0.717, 1.165) is 24.2 Å². The van der Waals surface area contributed by atoms with Gasteiger partial charge in [-0.1, -0.05) is 12.1 Å². The van der Waals surface area contributed by atoms with Crippen molar-refractivity contribution in [2.24, 2.45) is 7.05 Å². The fourth-order valence-electron chi connectivity index (χ4n) is 3.70. The Labute approximate surface area is 162 Å². The fraction of sp³-hybridized carbons (Fsp3) is 0.526. The molecule has 150 valence electrons. The summed E-state index contributed by atoms with van der Waals surface area (Å²) in [5, 5.41) is 15.2. The van der Waals surface area contributed by atoms with Crippen molar-refractivity contribution in [1.82, 2.24) is 19.2 Å². The summed E-state index contributed by atoms with van der Waals surface area (Å²) in [6, 6.07) is 6.06. The average molecular weight is 387 g/mol. The number of carbonyl (C=O) groups is 1. The number of piperidine rings is 1. The number of hydrogen-bond acceptors (Lipinski definition) is 5. The van der Waals surface area contributed by atoms with Crippen LogP contribution in [0.1, 0.15) is 50.0 Å². The van der Waals surface area contributed by atoms with E-state index in [1.165, 1.54) is 16.8 Å². The smallest absolute Gasteiger partial charge is 0.342 e. The van der Waals surface area contributed by atoms with Gasteiger partial charge < -0.3 is 4.90 Å². The first-order valence-electron chi connectivity index (χ1n) is 9.44. The maximum Gasteiger partial charge on any atom is 0.345 e. The first kappa shape index (κ1) is 19.8. The lowest BCUT2D eigenvalue weighted by molar-refractivity contribution is -0.384. The molecule has 2 aromatic rings. The number of hydrogen-bond donors (Lipinski definition) is 0. The van der Waals surface area contributed by atoms with Crippen molar-refractivity contribution in [3.8, 4) is 0 Å². The third kappa shape index (κ3) is 3.97. The third-order valence-corrected chi connectivity index (χ3v) is 5.14. The number of nitro groups is 1. The largest absolute Gasteiger partial charge is 0.345 e. The first-order chi connectivity index (χ1) is 13.3. The molecule has 1 fully saturated rings. The number of nitrogens with zero attached hydrogens (tertiary/aromatic N) is 5. The number of amides is 1. The second kappa shape index (κ2) is 7.95. The summed E-state index contributed by atoms with van der Waals surface area (Å²) in [6.07, 6.45) is 1.92. The number of rotatable bonds is 5. The molecule has 0 spiro atoms. The van der Waals surface area contributed by atoms with Gasteiger partial charge in [0.25, 0.3) is 5.69 Å². The van der Waals surface area contributed by atoms with Crippen molar-refractivity contribution in [1.29, 1.82) is 0 Å². The number of aromatic nitrogens is 3. The molecule has 0 saturated carbocycles. The van der Waals surface area contributed by atoms with Crippen molar-refractivity contribution in [3.05, 3.63) is 56.3 Å². The molecule has 1 saturated heterocycles. The molecular formula is C19H25N5O4. The summed E-state index contributed by atoms with van der Waals surface area (Å²) < 4.78 is 3.06. The van der Waals surface area contributed by atoms with Gasteiger partial charge in [0.05, 0.1) is 11.3 Å². The van der Waals surface area contributed by atoms with Crippen LogP contribution in [-0.2, 0) is 18.3 Å². The highest BCUT2D eigenvalue weighted by Crippen LogP contribution is 2.27. The number of likely N-dealkylation sites (tertiary alicyclic amines) is 1. The Balaban J connectivity index is 1.73. The van der Waals surface area contributed by atoms with Gasteiger partial charge in [-0.15, -0.1) is 0 Å². The molecule has 0 aliphatic carbocycles. The minimum atomic E-state index is -0.456. The monoisotopic (exact) mass is 387 g/mol. The van der Waals surface area contributed by atoms with Gasteiger partial charge in [0.15, 0.2) is 0 Å². The van der Waals surface area contributed by atoms with Gasteiger partial charge in [-0.2, -0.15) is 5.10 Å². The van der Waals surface area contributed by atoms with Crippen molar-refractivity contribution < 1.29 is 9.72 Å². The van der Waals surface area contributed by atoms with Crippen LogP contribution in [0.5, 0.6) is 0 Å². The summed E-state index contributed by atoms with van der Waals surface area (Å²) >= 11 is 0. The molecule has 28 heavy (non-hydrogen) atoms. The standard InChI is InChI=1S/C19H25N5O4/c1-13(2)23-18(20-21(3)19(23)26)15-5-4-10-22(12-15)17(25)11-14-6-8-16(9-7-14)24(27)28/h6-9,13,15H,4-5,10-12H2,1-3H3. The van der Waals surface area contributed by atoms with Gasteiger partial charge >= 0.3 is 5.69 Å². The van der Waals surface area contributed by atoms with E-state index in [9.17, 15) is 19.7 Å². The molecule has 1 aromatic heterocycles. The Hall–Kier alpha value is -2.97. The van der Waals surface area contributed by atoms with Crippen LogP contribution in [0, 0.1) is 10.1 Å². The van der Waals surface area contributed by atoms with Crippen LogP contribution >= 0.6 is 0 Å². The topological polar surface area (TPSA) is 103 Å². The molecule has 9 nitrogen and oxygen atoms in total. The Morgan fingerprint density at radius 3 is 2.61 bits per heavy atom. The molecule has 0 bridgehead atoms. The summed E-state index contributed by atoms with van der Waals surface area (Å²) in [5.41, 5.74) is 0.616. The number of aryl methyl sites for hydroxylation is 1. The molecule has 1 amide bonds. The van der Waals surface area contributed by atoms with Gasteiger partial charge in [-0.05, 0) is 32.3 Å². The van der Waals surface area contributed by atoms with E-state index in [4.69, 9.17) is 0 Å². The molecular weight excluding hydrogens is 362 g/mol. The number of nitro benzene ring substituents is 1. The van der Waals surface area contributed by atoms with Gasteiger partial charge in [0, 0.05) is 44.2 Å². The summed E-state index contributed by atoms with van der Waals surface area (Å²) in [4.78, 5) is 37.2. The molecule has 0 N–H and O–H groups in total. The lowest BCUT2D eigenvalue weighted by Gasteiger charge is -2.32. The van der Waals surface area contributed by atoms with Crippen LogP contribution in [0.15, 0.2) is 29.1 Å². The molecule has 1 atom stereocenters. The lowest BCUT2D eigenvalue weighted by atomic mass is 9.96. The third-order valence-electron chi connectivity index (χ3n) is 5.14. The van der Waals surface area contributed by atoms with E-state index in [1.54, 1.807) is 28.6 Å². The molecule has 1 aromatic carbocycles. The molecule has 0 radical (unpaired) electrons. The van der Waals surface area contributed by atoms with Crippen molar-refractivity contribution in [2.45, 2.75) is 45.1 Å². The Kier molecular flexibility index (Phi) is 5.62. The zero-order chi connectivity index (χ0) is 20.4. The van der Waals surface area contributed by atoms with Crippen LogP contribution < -0.4 is 5.69 Å². The Bertz CT molecular complexity index is 929. The predicted octanol–water partition coefficient (Wildman–Crippen LogP) is 2.02.